The van der Waals surface area contributed by atoms with Gasteiger partial charge in [0, 0.05) is 24.2 Å². The summed E-state index contributed by atoms with van der Waals surface area (Å²) >= 11 is 6.05. The molecule has 1 aromatic rings. The fraction of sp³-hybridized carbons (Fsp3) is 0.625. The van der Waals surface area contributed by atoms with Gasteiger partial charge in [-0.1, -0.05) is 37.1 Å². The normalized spacial score (nSPS) is 22.4. The van der Waals surface area contributed by atoms with Gasteiger partial charge in [-0.05, 0) is 49.4 Å². The third kappa shape index (κ3) is 4.48. The highest BCUT2D eigenvalue weighted by atomic mass is 35.5. The molecular formula is C16H24ClNO. The molecule has 1 saturated heterocycles. The van der Waals surface area contributed by atoms with Crippen molar-refractivity contribution in [1.82, 2.24) is 4.90 Å². The quantitative estimate of drug-likeness (QED) is 0.889. The number of hydrogen-bond donors (Lipinski definition) is 1. The van der Waals surface area contributed by atoms with Gasteiger partial charge in [-0.15, -0.1) is 0 Å². The molecule has 0 aliphatic carbocycles. The average molecular weight is 282 g/mol. The van der Waals surface area contributed by atoms with Crippen molar-refractivity contribution in [2.24, 2.45) is 5.92 Å². The van der Waals surface area contributed by atoms with Crippen molar-refractivity contribution >= 4 is 11.6 Å². The average Bonchev–Trinajstić information content (AvgIpc) is 2.41. The van der Waals surface area contributed by atoms with E-state index >= 15 is 0 Å². The number of benzene rings is 1. The van der Waals surface area contributed by atoms with Crippen LogP contribution in [0, 0.1) is 5.92 Å². The van der Waals surface area contributed by atoms with Gasteiger partial charge in [-0.2, -0.15) is 0 Å². The van der Waals surface area contributed by atoms with Crippen molar-refractivity contribution in [2.75, 3.05) is 13.2 Å². The molecule has 3 heteroatoms. The van der Waals surface area contributed by atoms with Crippen LogP contribution in [0.5, 0.6) is 0 Å². The second kappa shape index (κ2) is 7.28. The zero-order valence-corrected chi connectivity index (χ0v) is 12.4. The predicted molar refractivity (Wildman–Crippen MR) is 80.4 cm³/mol. The number of piperidine rings is 1. The molecule has 106 valence electrons. The van der Waals surface area contributed by atoms with E-state index in [4.69, 9.17) is 11.6 Å². The lowest BCUT2D eigenvalue weighted by Crippen LogP contribution is -2.40. The van der Waals surface area contributed by atoms with Crippen LogP contribution in [-0.4, -0.2) is 29.2 Å². The molecule has 1 heterocycles. The van der Waals surface area contributed by atoms with E-state index < -0.39 is 0 Å². The second-order valence-electron chi connectivity index (χ2n) is 5.77. The Bertz CT molecular complexity index is 396. The monoisotopic (exact) mass is 281 g/mol. The van der Waals surface area contributed by atoms with Crippen LogP contribution in [0.2, 0.25) is 5.02 Å². The number of aliphatic hydroxyl groups is 1. The highest BCUT2D eigenvalue weighted by molar-refractivity contribution is 6.30. The van der Waals surface area contributed by atoms with Crippen LogP contribution < -0.4 is 0 Å². The van der Waals surface area contributed by atoms with Crippen LogP contribution in [-0.2, 0) is 6.54 Å². The SMILES string of the molecule is CC(CO)CC1CCCCN1Cc1cccc(Cl)c1. The summed E-state index contributed by atoms with van der Waals surface area (Å²) in [5.41, 5.74) is 1.29. The number of halogens is 1. The van der Waals surface area contributed by atoms with Gasteiger partial charge in [-0.3, -0.25) is 4.90 Å². The molecule has 0 aromatic heterocycles. The number of nitrogens with zero attached hydrogens (tertiary/aromatic N) is 1. The maximum absolute atomic E-state index is 9.24. The molecule has 2 atom stereocenters. The first-order valence-electron chi connectivity index (χ1n) is 7.28. The molecule has 1 N–H and O–H groups in total. The number of hydrogen-bond acceptors (Lipinski definition) is 2. The molecule has 1 aliphatic heterocycles. The molecule has 19 heavy (non-hydrogen) atoms. The minimum absolute atomic E-state index is 0.293. The Balaban J connectivity index is 1.99. The van der Waals surface area contributed by atoms with Gasteiger partial charge in [0.1, 0.15) is 0 Å². The third-order valence-electron chi connectivity index (χ3n) is 4.01. The molecule has 1 aromatic carbocycles. The fourth-order valence-electron chi connectivity index (χ4n) is 2.94. The molecule has 0 saturated carbocycles. The standard InChI is InChI=1S/C16H24ClNO/c1-13(12-19)9-16-7-2-3-8-18(16)11-14-5-4-6-15(17)10-14/h4-6,10,13,16,19H,2-3,7-9,11-12H2,1H3. The van der Waals surface area contributed by atoms with Crippen molar-refractivity contribution in [1.29, 1.82) is 0 Å². The molecule has 2 unspecified atom stereocenters. The van der Waals surface area contributed by atoms with Crippen molar-refractivity contribution in [3.63, 3.8) is 0 Å². The molecule has 2 rings (SSSR count). The number of aliphatic hydroxyl groups excluding tert-OH is 1. The molecule has 0 radical (unpaired) electrons. The van der Waals surface area contributed by atoms with E-state index in [2.05, 4.69) is 24.0 Å². The number of rotatable bonds is 5. The van der Waals surface area contributed by atoms with Gasteiger partial charge in [0.2, 0.25) is 0 Å². The molecule has 0 amide bonds. The highest BCUT2D eigenvalue weighted by Gasteiger charge is 2.23. The van der Waals surface area contributed by atoms with E-state index in [1.54, 1.807) is 0 Å². The van der Waals surface area contributed by atoms with Crippen molar-refractivity contribution in [3.05, 3.63) is 34.9 Å². The van der Waals surface area contributed by atoms with E-state index in [0.717, 1.165) is 24.5 Å². The molecule has 1 fully saturated rings. The lowest BCUT2D eigenvalue weighted by Gasteiger charge is -2.37. The first-order valence-corrected chi connectivity index (χ1v) is 7.66. The summed E-state index contributed by atoms with van der Waals surface area (Å²) in [7, 11) is 0. The summed E-state index contributed by atoms with van der Waals surface area (Å²) in [5, 5.41) is 10.1. The highest BCUT2D eigenvalue weighted by Crippen LogP contribution is 2.25. The first-order chi connectivity index (χ1) is 9.19. The summed E-state index contributed by atoms with van der Waals surface area (Å²) in [4.78, 5) is 2.56. The van der Waals surface area contributed by atoms with Crippen LogP contribution in [0.4, 0.5) is 0 Å². The topological polar surface area (TPSA) is 23.5 Å². The van der Waals surface area contributed by atoms with Crippen molar-refractivity contribution in [2.45, 2.75) is 45.2 Å². The van der Waals surface area contributed by atoms with Crippen LogP contribution >= 0.6 is 11.6 Å². The first kappa shape index (κ1) is 14.8. The number of likely N-dealkylation sites (tertiary alicyclic amines) is 1. The van der Waals surface area contributed by atoms with Crippen molar-refractivity contribution in [3.8, 4) is 0 Å². The predicted octanol–water partition coefficient (Wildman–Crippen LogP) is 3.71. The zero-order valence-electron chi connectivity index (χ0n) is 11.7. The van der Waals surface area contributed by atoms with E-state index in [1.807, 2.05) is 12.1 Å². The van der Waals surface area contributed by atoms with Crippen LogP contribution in [0.25, 0.3) is 0 Å². The van der Waals surface area contributed by atoms with E-state index in [1.165, 1.54) is 24.8 Å². The van der Waals surface area contributed by atoms with Gasteiger partial charge in [0.05, 0.1) is 0 Å². The zero-order chi connectivity index (χ0) is 13.7. The maximum Gasteiger partial charge on any atom is 0.0457 e. The fourth-order valence-corrected chi connectivity index (χ4v) is 3.16. The van der Waals surface area contributed by atoms with Gasteiger partial charge in [0.25, 0.3) is 0 Å². The smallest absolute Gasteiger partial charge is 0.0457 e. The molecule has 0 spiro atoms. The van der Waals surface area contributed by atoms with E-state index in [9.17, 15) is 5.11 Å². The summed E-state index contributed by atoms with van der Waals surface area (Å²) in [5.74, 6) is 0.393. The van der Waals surface area contributed by atoms with Gasteiger partial charge < -0.3 is 5.11 Å². The van der Waals surface area contributed by atoms with Crippen LogP contribution in [0.3, 0.4) is 0 Å². The van der Waals surface area contributed by atoms with Crippen LogP contribution in [0.1, 0.15) is 38.2 Å². The van der Waals surface area contributed by atoms with E-state index in [-0.39, 0.29) is 0 Å². The Morgan fingerprint density at radius 1 is 1.42 bits per heavy atom. The molecule has 2 nitrogen and oxygen atoms in total. The second-order valence-corrected chi connectivity index (χ2v) is 6.21. The van der Waals surface area contributed by atoms with E-state index in [0.29, 0.717) is 18.6 Å². The summed E-state index contributed by atoms with van der Waals surface area (Å²) in [6.45, 7) is 4.56. The van der Waals surface area contributed by atoms with Crippen LogP contribution in [0.15, 0.2) is 24.3 Å². The maximum atomic E-state index is 9.24. The Morgan fingerprint density at radius 2 is 2.26 bits per heavy atom. The molecule has 1 aliphatic rings. The third-order valence-corrected chi connectivity index (χ3v) is 4.24. The molecule has 0 bridgehead atoms. The van der Waals surface area contributed by atoms with Gasteiger partial charge in [-0.25, -0.2) is 0 Å². The van der Waals surface area contributed by atoms with Gasteiger partial charge in [0.15, 0.2) is 0 Å². The molecular weight excluding hydrogens is 258 g/mol. The summed E-state index contributed by atoms with van der Waals surface area (Å²) in [6.07, 6.45) is 4.95. The lowest BCUT2D eigenvalue weighted by molar-refractivity contribution is 0.105. The summed E-state index contributed by atoms with van der Waals surface area (Å²) in [6, 6.07) is 8.75. The minimum Gasteiger partial charge on any atom is -0.396 e. The largest absolute Gasteiger partial charge is 0.396 e. The minimum atomic E-state index is 0.293. The Hall–Kier alpha value is -0.570. The summed E-state index contributed by atoms with van der Waals surface area (Å²) < 4.78 is 0. The Labute approximate surface area is 121 Å². The van der Waals surface area contributed by atoms with Crippen molar-refractivity contribution < 1.29 is 5.11 Å². The Morgan fingerprint density at radius 3 is 3.00 bits per heavy atom. The lowest BCUT2D eigenvalue weighted by atomic mass is 9.93. The Kier molecular flexibility index (Phi) is 5.68. The van der Waals surface area contributed by atoms with Gasteiger partial charge >= 0.3 is 0 Å².